The van der Waals surface area contributed by atoms with Gasteiger partial charge in [-0.05, 0) is 69.8 Å². The van der Waals surface area contributed by atoms with Gasteiger partial charge in [-0.3, -0.25) is 4.90 Å². The van der Waals surface area contributed by atoms with E-state index in [0.29, 0.717) is 13.0 Å². The fourth-order valence-electron chi connectivity index (χ4n) is 3.36. The van der Waals surface area contributed by atoms with Gasteiger partial charge in [-0.2, -0.15) is 0 Å². The Balaban J connectivity index is 2.55. The summed E-state index contributed by atoms with van der Waals surface area (Å²) < 4.78 is 13.4. The number of unbranched alkanes of at least 4 members (excludes halogenated alkanes) is 4. The predicted octanol–water partition coefficient (Wildman–Crippen LogP) is 6.39. The summed E-state index contributed by atoms with van der Waals surface area (Å²) in [5.74, 6) is -0.266. The Kier molecular flexibility index (Phi) is 12.1. The minimum atomic E-state index is -0.565. The zero-order valence-electron chi connectivity index (χ0n) is 18.0. The second-order valence-corrected chi connectivity index (χ2v) is 9.25. The first-order chi connectivity index (χ1) is 13.3. The number of allylic oxidation sites excluding steroid dienone is 1. The quantitative estimate of drug-likeness (QED) is 0.185. The van der Waals surface area contributed by atoms with Crippen LogP contribution in [0.15, 0.2) is 10.2 Å². The summed E-state index contributed by atoms with van der Waals surface area (Å²) in [7, 11) is 0. The van der Waals surface area contributed by atoms with E-state index in [4.69, 9.17) is 9.47 Å². The molecule has 1 saturated heterocycles. The lowest BCUT2D eigenvalue weighted by atomic mass is 10.0. The van der Waals surface area contributed by atoms with Gasteiger partial charge in [0.1, 0.15) is 17.7 Å². The maximum absolute atomic E-state index is 12.8. The lowest BCUT2D eigenvalue weighted by molar-refractivity contribution is -0.155. The molecule has 162 valence electrons. The first-order valence-corrected chi connectivity index (χ1v) is 12.0. The molecule has 1 fully saturated rings. The number of likely N-dealkylation sites (tertiary alicyclic amines) is 1. The highest BCUT2D eigenvalue weighted by molar-refractivity contribution is 14.1. The molecule has 0 bridgehead atoms. The molecule has 2 atom stereocenters. The van der Waals surface area contributed by atoms with E-state index in [0.717, 1.165) is 51.4 Å². The van der Waals surface area contributed by atoms with Crippen molar-refractivity contribution in [1.29, 1.82) is 0 Å². The van der Waals surface area contributed by atoms with Crippen LogP contribution in [0.25, 0.3) is 0 Å². The Morgan fingerprint density at radius 2 is 1.89 bits per heavy atom. The Morgan fingerprint density at radius 3 is 2.54 bits per heavy atom. The largest absolute Gasteiger partial charge is 0.461 e. The predicted molar refractivity (Wildman–Crippen MR) is 122 cm³/mol. The molecule has 0 radical (unpaired) electrons. The number of hydrogen-bond donors (Lipinski definition) is 0. The van der Waals surface area contributed by atoms with Crippen molar-refractivity contribution in [1.82, 2.24) is 4.90 Å². The molecular formula is C22H38INO4. The second-order valence-electron chi connectivity index (χ2n) is 8.53. The highest BCUT2D eigenvalue weighted by Gasteiger charge is 2.38. The Labute approximate surface area is 184 Å². The van der Waals surface area contributed by atoms with E-state index in [1.54, 1.807) is 4.90 Å². The lowest BCUT2D eigenvalue weighted by Gasteiger charge is -2.28. The number of carbonyl (C=O) groups excluding carboxylic acids is 2. The van der Waals surface area contributed by atoms with Gasteiger partial charge in [-0.25, -0.2) is 9.59 Å². The van der Waals surface area contributed by atoms with Gasteiger partial charge in [0.2, 0.25) is 0 Å². The van der Waals surface area contributed by atoms with Crippen LogP contribution in [0.4, 0.5) is 4.79 Å². The average Bonchev–Trinajstić information content (AvgIpc) is 3.11. The third-order valence-corrected chi connectivity index (χ3v) is 5.31. The van der Waals surface area contributed by atoms with Crippen LogP contribution < -0.4 is 0 Å². The van der Waals surface area contributed by atoms with E-state index >= 15 is 0 Å². The fraction of sp³-hybridized carbons (Fsp3) is 0.818. The molecule has 0 N–H and O–H groups in total. The minimum Gasteiger partial charge on any atom is -0.461 e. The number of amides is 1. The van der Waals surface area contributed by atoms with Gasteiger partial charge >= 0.3 is 12.1 Å². The summed E-state index contributed by atoms with van der Waals surface area (Å²) in [6.45, 7) is 8.22. The van der Waals surface area contributed by atoms with Crippen molar-refractivity contribution in [2.75, 3.05) is 6.54 Å². The van der Waals surface area contributed by atoms with Gasteiger partial charge in [0.05, 0.1) is 0 Å². The second kappa shape index (κ2) is 13.4. The van der Waals surface area contributed by atoms with E-state index < -0.39 is 17.7 Å². The fourth-order valence-corrected chi connectivity index (χ4v) is 3.72. The van der Waals surface area contributed by atoms with Crippen molar-refractivity contribution in [2.24, 2.45) is 0 Å². The highest BCUT2D eigenvalue weighted by Crippen LogP contribution is 2.24. The molecule has 0 aromatic heterocycles. The standard InChI is InChI=1S/C22H38INO4/c1-5-6-13-18(14-10-8-7-9-11-16-23)27-20(25)19-15-12-17-24(19)21(26)28-22(2,3)4/h11,16,18-19H,5-10,12-15,17H2,1-4H3/b16-11+/t18-,19-/m0/s1. The molecular weight excluding hydrogens is 469 g/mol. The Hall–Kier alpha value is -0.790. The molecule has 6 heteroatoms. The van der Waals surface area contributed by atoms with Crippen LogP contribution in [0.5, 0.6) is 0 Å². The van der Waals surface area contributed by atoms with Gasteiger partial charge in [-0.15, -0.1) is 0 Å². The number of esters is 1. The Bertz CT molecular complexity index is 501. The molecule has 0 saturated carbocycles. The molecule has 0 aromatic rings. The van der Waals surface area contributed by atoms with E-state index in [-0.39, 0.29) is 12.1 Å². The van der Waals surface area contributed by atoms with Gasteiger partial charge in [0.15, 0.2) is 0 Å². The normalized spacial score (nSPS) is 18.5. The summed E-state index contributed by atoms with van der Waals surface area (Å²) in [5.41, 5.74) is -0.565. The van der Waals surface area contributed by atoms with Crippen molar-refractivity contribution < 1.29 is 19.1 Å². The summed E-state index contributed by atoms with van der Waals surface area (Å²) in [6, 6.07) is -0.507. The van der Waals surface area contributed by atoms with E-state index in [1.807, 2.05) is 20.8 Å². The number of carbonyl (C=O) groups is 2. The van der Waals surface area contributed by atoms with Crippen molar-refractivity contribution >= 4 is 34.7 Å². The molecule has 1 rings (SSSR count). The summed E-state index contributed by atoms with van der Waals surface area (Å²) in [5, 5.41) is 0. The molecule has 5 nitrogen and oxygen atoms in total. The lowest BCUT2D eigenvalue weighted by Crippen LogP contribution is -2.44. The number of rotatable bonds is 11. The van der Waals surface area contributed by atoms with Crippen LogP contribution in [-0.2, 0) is 14.3 Å². The molecule has 0 aliphatic carbocycles. The maximum atomic E-state index is 12.8. The van der Waals surface area contributed by atoms with Crippen molar-refractivity contribution in [3.63, 3.8) is 0 Å². The average molecular weight is 507 g/mol. The van der Waals surface area contributed by atoms with Crippen molar-refractivity contribution in [3.8, 4) is 0 Å². The molecule has 0 spiro atoms. The highest BCUT2D eigenvalue weighted by atomic mass is 127. The molecule has 1 aliphatic heterocycles. The summed E-state index contributed by atoms with van der Waals surface area (Å²) >= 11 is 2.24. The third-order valence-electron chi connectivity index (χ3n) is 4.80. The van der Waals surface area contributed by atoms with Gasteiger partial charge in [-0.1, -0.05) is 54.9 Å². The zero-order chi connectivity index (χ0) is 21.0. The first kappa shape index (κ1) is 25.2. The maximum Gasteiger partial charge on any atom is 0.411 e. The first-order valence-electron chi connectivity index (χ1n) is 10.7. The number of nitrogens with zero attached hydrogens (tertiary/aromatic N) is 1. The van der Waals surface area contributed by atoms with E-state index in [9.17, 15) is 9.59 Å². The van der Waals surface area contributed by atoms with Crippen LogP contribution >= 0.6 is 22.6 Å². The minimum absolute atomic E-state index is 0.0475. The molecule has 1 aliphatic rings. The van der Waals surface area contributed by atoms with Crippen LogP contribution in [0.3, 0.4) is 0 Å². The number of halogens is 1. The third kappa shape index (κ3) is 10.1. The Morgan fingerprint density at radius 1 is 1.18 bits per heavy atom. The van der Waals surface area contributed by atoms with Crippen LogP contribution in [-0.4, -0.2) is 41.3 Å². The molecule has 0 unspecified atom stereocenters. The molecule has 0 aromatic carbocycles. The van der Waals surface area contributed by atoms with Crippen molar-refractivity contribution in [2.45, 2.75) is 110 Å². The smallest absolute Gasteiger partial charge is 0.411 e. The van der Waals surface area contributed by atoms with Crippen LogP contribution in [0.1, 0.15) is 91.9 Å². The molecule has 1 amide bonds. The van der Waals surface area contributed by atoms with Gasteiger partial charge < -0.3 is 9.47 Å². The monoisotopic (exact) mass is 507 g/mol. The van der Waals surface area contributed by atoms with E-state index in [2.05, 4.69) is 39.7 Å². The van der Waals surface area contributed by atoms with Crippen LogP contribution in [0.2, 0.25) is 0 Å². The van der Waals surface area contributed by atoms with Gasteiger partial charge in [0, 0.05) is 6.54 Å². The van der Waals surface area contributed by atoms with Gasteiger partial charge in [0.25, 0.3) is 0 Å². The summed E-state index contributed by atoms with van der Waals surface area (Å²) in [6.07, 6.45) is 11.6. The SMILES string of the molecule is CCCC[C@@H](CCCCC/C=C/I)OC(=O)[C@@H]1CCCN1C(=O)OC(C)(C)C. The van der Waals surface area contributed by atoms with Crippen molar-refractivity contribution in [3.05, 3.63) is 10.2 Å². The zero-order valence-corrected chi connectivity index (χ0v) is 20.2. The number of hydrogen-bond acceptors (Lipinski definition) is 4. The number of ether oxygens (including phenoxy) is 2. The van der Waals surface area contributed by atoms with E-state index in [1.165, 1.54) is 6.42 Å². The summed E-state index contributed by atoms with van der Waals surface area (Å²) in [4.78, 5) is 26.8. The van der Waals surface area contributed by atoms with Crippen LogP contribution in [0, 0.1) is 0 Å². The topological polar surface area (TPSA) is 55.8 Å². The molecule has 28 heavy (non-hydrogen) atoms. The molecule has 1 heterocycles.